The largest absolute Gasteiger partial charge is 0.493 e. The van der Waals surface area contributed by atoms with Gasteiger partial charge in [0.25, 0.3) is 0 Å². The van der Waals surface area contributed by atoms with Crippen LogP contribution < -0.4 is 14.7 Å². The van der Waals surface area contributed by atoms with E-state index in [1.165, 1.54) is 44.6 Å². The van der Waals surface area contributed by atoms with Crippen molar-refractivity contribution >= 4 is 51.7 Å². The molecule has 0 N–H and O–H groups in total. The maximum absolute atomic E-state index is 4.93. The third-order valence-corrected chi connectivity index (χ3v) is 12.6. The van der Waals surface area contributed by atoms with E-state index in [1.807, 2.05) is 12.3 Å². The van der Waals surface area contributed by atoms with E-state index in [2.05, 4.69) is 233 Å². The summed E-state index contributed by atoms with van der Waals surface area (Å²) in [5.74, 6) is 0.854. The minimum atomic E-state index is -0.0887. The second-order valence-electron chi connectivity index (χ2n) is 17.8. The molecule has 310 valence electrons. The van der Waals surface area contributed by atoms with Crippen LogP contribution in [0.2, 0.25) is 0 Å². The number of pyridine rings is 1. The fourth-order valence-electron chi connectivity index (χ4n) is 8.62. The zero-order valence-electron chi connectivity index (χ0n) is 35.8. The SMILES string of the molecule is CC(C)(C)c1ccc2c(c1)N(c1ccccn1)c1[c-]c(Sc3[c-]c(N4[CH-]N(c5c(-c6ccccc6)cccc5C(C)(C)C)c5ccccc54)ccc3)ccc1-c1ccccc1-2.[Pd]. The van der Waals surface area contributed by atoms with E-state index in [0.717, 1.165) is 49.6 Å². The number of hydrogen-bond acceptors (Lipinski definition) is 5. The van der Waals surface area contributed by atoms with Gasteiger partial charge in [-0.1, -0.05) is 156 Å². The van der Waals surface area contributed by atoms with Gasteiger partial charge in [-0.25, -0.2) is 4.98 Å². The van der Waals surface area contributed by atoms with Crippen molar-refractivity contribution in [1.82, 2.24) is 4.98 Å². The number of fused-ring (bicyclic) bond motifs is 6. The van der Waals surface area contributed by atoms with Gasteiger partial charge in [0.1, 0.15) is 5.82 Å². The Labute approximate surface area is 385 Å². The molecule has 8 aromatic rings. The van der Waals surface area contributed by atoms with Gasteiger partial charge in [0.2, 0.25) is 0 Å². The first-order valence-corrected chi connectivity index (χ1v) is 21.8. The predicted molar refractivity (Wildman–Crippen MR) is 256 cm³/mol. The van der Waals surface area contributed by atoms with Gasteiger partial charge < -0.3 is 14.7 Å². The Morgan fingerprint density at radius 3 is 1.89 bits per heavy atom. The molecule has 2 aliphatic rings. The number of aromatic nitrogens is 1. The standard InChI is InChI=1S/C56H47N4S.Pd/c1-55(2,3)39-29-31-46-44-22-10-11-23-45(44)47-32-30-42(36-52(47)60(51(46)34-39)53-28-14-15-33-57-53)61-41-21-16-20-40(35-41)58-37-59(50-27-13-12-26-49(50)58)54-43(38-18-8-7-9-19-38)24-17-25-48(54)56(4,5)6;/h7-34,37H,1-6H3;/q-3;. The molecule has 4 nitrogen and oxygen atoms in total. The fraction of sp³-hybridized carbons (Fsp3) is 0.143. The van der Waals surface area contributed by atoms with E-state index in [-0.39, 0.29) is 31.3 Å². The van der Waals surface area contributed by atoms with E-state index in [4.69, 9.17) is 4.98 Å². The van der Waals surface area contributed by atoms with Gasteiger partial charge >= 0.3 is 0 Å². The van der Waals surface area contributed by atoms with Crippen LogP contribution in [0.5, 0.6) is 0 Å². The first-order valence-electron chi connectivity index (χ1n) is 21.0. The molecule has 0 atom stereocenters. The molecule has 2 aliphatic heterocycles. The fourth-order valence-corrected chi connectivity index (χ4v) is 9.44. The minimum Gasteiger partial charge on any atom is -0.493 e. The summed E-state index contributed by atoms with van der Waals surface area (Å²) >= 11 is 1.68. The third-order valence-electron chi connectivity index (χ3n) is 11.6. The molecule has 7 aromatic carbocycles. The van der Waals surface area contributed by atoms with Crippen molar-refractivity contribution in [2.75, 3.05) is 14.7 Å². The Morgan fingerprint density at radius 1 is 0.516 bits per heavy atom. The monoisotopic (exact) mass is 913 g/mol. The Bertz CT molecular complexity index is 2920. The molecule has 10 rings (SSSR count). The normalized spacial score (nSPS) is 13.1. The van der Waals surface area contributed by atoms with E-state index in [1.54, 1.807) is 11.8 Å². The van der Waals surface area contributed by atoms with Crippen molar-refractivity contribution in [2.45, 2.75) is 62.2 Å². The number of para-hydroxylation sites is 3. The number of rotatable bonds is 6. The number of benzene rings is 7. The zero-order chi connectivity index (χ0) is 41.9. The molecule has 0 saturated heterocycles. The van der Waals surface area contributed by atoms with Crippen LogP contribution in [0.4, 0.5) is 39.9 Å². The molecule has 0 bridgehead atoms. The number of nitrogens with zero attached hydrogens (tertiary/aromatic N) is 4. The van der Waals surface area contributed by atoms with Gasteiger partial charge in [-0.3, -0.25) is 0 Å². The van der Waals surface area contributed by atoms with Crippen LogP contribution in [0.25, 0.3) is 33.4 Å². The summed E-state index contributed by atoms with van der Waals surface area (Å²) in [5, 5.41) is 0. The molecule has 0 aliphatic carbocycles. The Hall–Kier alpha value is -5.90. The molecule has 6 heteroatoms. The number of anilines is 7. The first kappa shape index (κ1) is 41.5. The maximum Gasteiger partial charge on any atom is 0.135 e. The van der Waals surface area contributed by atoms with Crippen molar-refractivity contribution in [3.63, 3.8) is 0 Å². The van der Waals surface area contributed by atoms with Crippen LogP contribution in [-0.2, 0) is 31.3 Å². The van der Waals surface area contributed by atoms with Crippen LogP contribution in [0.1, 0.15) is 52.7 Å². The van der Waals surface area contributed by atoms with Crippen LogP contribution in [0.15, 0.2) is 180 Å². The van der Waals surface area contributed by atoms with Gasteiger partial charge in [0, 0.05) is 54.8 Å². The van der Waals surface area contributed by atoms with Gasteiger partial charge in [-0.15, -0.1) is 57.7 Å². The summed E-state index contributed by atoms with van der Waals surface area (Å²) in [7, 11) is 0. The minimum absolute atomic E-state index is 0. The molecule has 3 heterocycles. The van der Waals surface area contributed by atoms with E-state index in [0.29, 0.717) is 0 Å². The molecule has 62 heavy (non-hydrogen) atoms. The van der Waals surface area contributed by atoms with Crippen LogP contribution in [0.3, 0.4) is 0 Å². The Kier molecular flexibility index (Phi) is 11.0. The summed E-state index contributed by atoms with van der Waals surface area (Å²) in [6.45, 7) is 15.9. The van der Waals surface area contributed by atoms with Crippen molar-refractivity contribution in [3.05, 3.63) is 200 Å². The van der Waals surface area contributed by atoms with Crippen molar-refractivity contribution in [3.8, 4) is 33.4 Å². The van der Waals surface area contributed by atoms with E-state index in [9.17, 15) is 0 Å². The van der Waals surface area contributed by atoms with Gasteiger partial charge in [0.05, 0.1) is 5.69 Å². The molecule has 0 amide bonds. The molecule has 0 spiro atoms. The molecule has 0 unspecified atom stereocenters. The van der Waals surface area contributed by atoms with Crippen LogP contribution in [-0.4, -0.2) is 4.98 Å². The average molecular weight is 915 g/mol. The van der Waals surface area contributed by atoms with Crippen molar-refractivity contribution in [2.24, 2.45) is 0 Å². The zero-order valence-corrected chi connectivity index (χ0v) is 38.1. The molecular formula is C56H47N4PdS-3. The quantitative estimate of drug-likeness (QED) is 0.122. The average Bonchev–Trinajstić information content (AvgIpc) is 3.61. The third kappa shape index (κ3) is 7.56. The predicted octanol–water partition coefficient (Wildman–Crippen LogP) is 15.6. The summed E-state index contributed by atoms with van der Waals surface area (Å²) in [6, 6.07) is 66.5. The first-order chi connectivity index (χ1) is 29.5. The second-order valence-corrected chi connectivity index (χ2v) is 18.9. The Balaban J connectivity index is 0.00000490. The molecule has 1 aromatic heterocycles. The summed E-state index contributed by atoms with van der Waals surface area (Å²) in [6.07, 6.45) is 1.87. The van der Waals surface area contributed by atoms with Crippen LogP contribution >= 0.6 is 11.8 Å². The summed E-state index contributed by atoms with van der Waals surface area (Å²) in [5.41, 5.74) is 16.0. The molecular weight excluding hydrogens is 867 g/mol. The molecule has 0 saturated carbocycles. The maximum atomic E-state index is 4.93. The molecule has 0 radical (unpaired) electrons. The Morgan fingerprint density at radius 2 is 1.16 bits per heavy atom. The van der Waals surface area contributed by atoms with E-state index < -0.39 is 0 Å². The second kappa shape index (κ2) is 16.4. The van der Waals surface area contributed by atoms with Crippen molar-refractivity contribution in [1.29, 1.82) is 0 Å². The summed E-state index contributed by atoms with van der Waals surface area (Å²) in [4.78, 5) is 13.9. The van der Waals surface area contributed by atoms with Gasteiger partial charge in [-0.05, 0) is 63.4 Å². The topological polar surface area (TPSA) is 22.6 Å². The smallest absolute Gasteiger partial charge is 0.135 e. The van der Waals surface area contributed by atoms with Gasteiger partial charge in [-0.2, -0.15) is 24.3 Å². The van der Waals surface area contributed by atoms with Crippen molar-refractivity contribution < 1.29 is 20.4 Å². The summed E-state index contributed by atoms with van der Waals surface area (Å²) < 4.78 is 0. The van der Waals surface area contributed by atoms with Gasteiger partial charge in [0.15, 0.2) is 0 Å². The van der Waals surface area contributed by atoms with Crippen LogP contribution in [0, 0.1) is 18.8 Å². The molecule has 0 fully saturated rings. The number of hydrogen-bond donors (Lipinski definition) is 0. The van der Waals surface area contributed by atoms with E-state index >= 15 is 0 Å².